The third-order valence-electron chi connectivity index (χ3n) is 4.88. The molecule has 0 spiro atoms. The van der Waals surface area contributed by atoms with Crippen molar-refractivity contribution in [3.8, 4) is 0 Å². The lowest BCUT2D eigenvalue weighted by Gasteiger charge is -2.21. The molecule has 8 nitrogen and oxygen atoms in total. The second-order valence-corrected chi connectivity index (χ2v) is 8.83. The van der Waals surface area contributed by atoms with Gasteiger partial charge in [0.05, 0.1) is 34.7 Å². The Morgan fingerprint density at radius 2 is 1.87 bits per heavy atom. The van der Waals surface area contributed by atoms with Crippen molar-refractivity contribution >= 4 is 38.4 Å². The Kier molecular flexibility index (Phi) is 5.21. The molecule has 1 atom stereocenters. The highest BCUT2D eigenvalue weighted by molar-refractivity contribution is 7.92. The highest BCUT2D eigenvalue weighted by Crippen LogP contribution is 2.35. The minimum absolute atomic E-state index is 0.109. The molecule has 1 amide bonds. The van der Waals surface area contributed by atoms with Crippen LogP contribution >= 0.6 is 0 Å². The number of hydrogen-bond donors (Lipinski definition) is 1. The van der Waals surface area contributed by atoms with Gasteiger partial charge in [0.1, 0.15) is 0 Å². The molecule has 9 heteroatoms. The van der Waals surface area contributed by atoms with Crippen molar-refractivity contribution in [1.29, 1.82) is 0 Å². The van der Waals surface area contributed by atoms with Crippen molar-refractivity contribution in [2.75, 3.05) is 11.0 Å². The van der Waals surface area contributed by atoms with Gasteiger partial charge in [0.15, 0.2) is 0 Å². The van der Waals surface area contributed by atoms with Crippen molar-refractivity contribution in [3.63, 3.8) is 0 Å². The van der Waals surface area contributed by atoms with Gasteiger partial charge in [-0.05, 0) is 23.8 Å². The maximum Gasteiger partial charge on any atom is 0.242 e. The molecule has 1 N–H and O–H groups in total. The number of rotatable bonds is 5. The molecule has 1 aliphatic rings. The summed E-state index contributed by atoms with van der Waals surface area (Å²) >= 11 is 0. The number of anilines is 1. The Bertz CT molecular complexity index is 1260. The highest BCUT2D eigenvalue weighted by Gasteiger charge is 2.33. The summed E-state index contributed by atoms with van der Waals surface area (Å²) in [4.78, 5) is 21.3. The van der Waals surface area contributed by atoms with Crippen LogP contribution in [0.3, 0.4) is 0 Å². The van der Waals surface area contributed by atoms with Crippen molar-refractivity contribution in [2.45, 2.75) is 25.8 Å². The summed E-state index contributed by atoms with van der Waals surface area (Å²) in [6.45, 7) is 1.79. The second-order valence-electron chi connectivity index (χ2n) is 7.08. The molecular weight excluding hydrogens is 402 g/mol. The maximum absolute atomic E-state index is 12.6. The minimum atomic E-state index is -3.45. The molecule has 0 saturated carbocycles. The predicted octanol–water partition coefficient (Wildman–Crippen LogP) is 3.09. The van der Waals surface area contributed by atoms with E-state index >= 15 is 0 Å². The molecule has 0 unspecified atom stereocenters. The number of amides is 1. The van der Waals surface area contributed by atoms with Crippen LogP contribution < -0.4 is 4.72 Å². The quantitative estimate of drug-likeness (QED) is 0.679. The minimum Gasteiger partial charge on any atom is -0.283 e. The zero-order valence-corrected chi connectivity index (χ0v) is 17.4. The van der Waals surface area contributed by atoms with E-state index in [0.717, 1.165) is 22.9 Å². The van der Waals surface area contributed by atoms with Gasteiger partial charge in [0.25, 0.3) is 0 Å². The van der Waals surface area contributed by atoms with Crippen LogP contribution in [0.1, 0.15) is 36.9 Å². The summed E-state index contributed by atoms with van der Waals surface area (Å²) in [5.74, 6) is -0.109. The number of para-hydroxylation sites is 1. The average molecular weight is 423 g/mol. The van der Waals surface area contributed by atoms with Crippen LogP contribution in [0.2, 0.25) is 0 Å². The SMILES string of the molecule is CCC(=O)N1N=C(c2ccccc2NS(C)(=O)=O)C[C@H]1c1ccc2nccnc2c1. The van der Waals surface area contributed by atoms with Crippen LogP contribution in [0.15, 0.2) is 60.0 Å². The third kappa shape index (κ3) is 4.02. The smallest absolute Gasteiger partial charge is 0.242 e. The molecule has 0 aliphatic carbocycles. The molecular formula is C21H21N5O3S. The summed E-state index contributed by atoms with van der Waals surface area (Å²) in [7, 11) is -3.45. The number of nitrogens with zero attached hydrogens (tertiary/aromatic N) is 4. The largest absolute Gasteiger partial charge is 0.283 e. The Labute approximate surface area is 174 Å². The topological polar surface area (TPSA) is 105 Å². The van der Waals surface area contributed by atoms with Crippen molar-refractivity contribution in [3.05, 3.63) is 66.0 Å². The Morgan fingerprint density at radius 3 is 2.60 bits per heavy atom. The zero-order valence-electron chi connectivity index (χ0n) is 16.6. The molecule has 3 aromatic rings. The van der Waals surface area contributed by atoms with Gasteiger partial charge in [-0.3, -0.25) is 19.5 Å². The lowest BCUT2D eigenvalue weighted by molar-refractivity contribution is -0.132. The molecule has 4 rings (SSSR count). The number of hydrazone groups is 1. The van der Waals surface area contributed by atoms with Gasteiger partial charge in [-0.2, -0.15) is 5.10 Å². The van der Waals surface area contributed by atoms with Crippen molar-refractivity contribution in [1.82, 2.24) is 15.0 Å². The number of aromatic nitrogens is 2. The molecule has 0 fully saturated rings. The Hall–Kier alpha value is -3.33. The summed E-state index contributed by atoms with van der Waals surface area (Å²) in [5.41, 5.74) is 4.15. The summed E-state index contributed by atoms with van der Waals surface area (Å²) in [6, 6.07) is 12.5. The normalized spacial score (nSPS) is 16.5. The molecule has 2 aromatic carbocycles. The highest BCUT2D eigenvalue weighted by atomic mass is 32.2. The van der Waals surface area contributed by atoms with E-state index in [9.17, 15) is 13.2 Å². The van der Waals surface area contributed by atoms with Gasteiger partial charge in [-0.1, -0.05) is 31.2 Å². The number of fused-ring (bicyclic) bond motifs is 1. The van der Waals surface area contributed by atoms with E-state index in [0.29, 0.717) is 29.8 Å². The third-order valence-corrected chi connectivity index (χ3v) is 5.47. The summed E-state index contributed by atoms with van der Waals surface area (Å²) in [5, 5.41) is 6.08. The van der Waals surface area contributed by atoms with Crippen molar-refractivity contribution < 1.29 is 13.2 Å². The summed E-state index contributed by atoms with van der Waals surface area (Å²) < 4.78 is 26.1. The lowest BCUT2D eigenvalue weighted by Crippen LogP contribution is -2.26. The first-order chi connectivity index (χ1) is 14.4. The zero-order chi connectivity index (χ0) is 21.3. The number of benzene rings is 2. The molecule has 1 aliphatic heterocycles. The van der Waals surface area contributed by atoms with E-state index in [-0.39, 0.29) is 11.9 Å². The average Bonchev–Trinajstić information content (AvgIpc) is 3.17. The van der Waals surface area contributed by atoms with Gasteiger partial charge in [0, 0.05) is 30.8 Å². The van der Waals surface area contributed by atoms with Crippen LogP contribution in [0, 0.1) is 0 Å². The van der Waals surface area contributed by atoms with Gasteiger partial charge in [-0.15, -0.1) is 0 Å². The number of hydrogen-bond acceptors (Lipinski definition) is 6. The molecule has 0 saturated heterocycles. The Morgan fingerprint density at radius 1 is 1.13 bits per heavy atom. The monoisotopic (exact) mass is 423 g/mol. The van der Waals surface area contributed by atoms with Gasteiger partial charge in [0.2, 0.25) is 15.9 Å². The first kappa shape index (κ1) is 20.0. The fraction of sp³-hybridized carbons (Fsp3) is 0.238. The van der Waals surface area contributed by atoms with Crippen LogP contribution in [0.4, 0.5) is 5.69 Å². The van der Waals surface area contributed by atoms with E-state index in [1.54, 1.807) is 37.5 Å². The molecule has 154 valence electrons. The lowest BCUT2D eigenvalue weighted by atomic mass is 9.97. The van der Waals surface area contributed by atoms with Gasteiger partial charge >= 0.3 is 0 Å². The standard InChI is InChI=1S/C21H21N5O3S/c1-3-21(27)26-20(14-8-9-17-19(12-14)23-11-10-22-17)13-18(24-26)15-6-4-5-7-16(15)25-30(2,28)29/h4-12,20,25H,3,13H2,1-2H3/t20-/m0/s1. The van der Waals surface area contributed by atoms with Crippen LogP contribution in [0.5, 0.6) is 0 Å². The Balaban J connectivity index is 1.74. The number of sulfonamides is 1. The predicted molar refractivity (Wildman–Crippen MR) is 115 cm³/mol. The van der Waals surface area contributed by atoms with Crippen LogP contribution in [0.25, 0.3) is 11.0 Å². The van der Waals surface area contributed by atoms with Crippen LogP contribution in [-0.2, 0) is 14.8 Å². The fourth-order valence-electron chi connectivity index (χ4n) is 3.54. The number of carbonyl (C=O) groups is 1. The molecule has 30 heavy (non-hydrogen) atoms. The van der Waals surface area contributed by atoms with E-state index in [1.165, 1.54) is 5.01 Å². The second kappa shape index (κ2) is 7.83. The van der Waals surface area contributed by atoms with E-state index in [2.05, 4.69) is 19.8 Å². The van der Waals surface area contributed by atoms with Gasteiger partial charge < -0.3 is 0 Å². The first-order valence-electron chi connectivity index (χ1n) is 9.53. The van der Waals surface area contributed by atoms with Gasteiger partial charge in [-0.25, -0.2) is 13.4 Å². The van der Waals surface area contributed by atoms with E-state index in [1.807, 2.05) is 24.3 Å². The molecule has 2 heterocycles. The fourth-order valence-corrected chi connectivity index (χ4v) is 4.11. The summed E-state index contributed by atoms with van der Waals surface area (Å²) in [6.07, 6.45) is 5.14. The van der Waals surface area contributed by atoms with E-state index < -0.39 is 10.0 Å². The van der Waals surface area contributed by atoms with E-state index in [4.69, 9.17) is 0 Å². The van der Waals surface area contributed by atoms with Crippen molar-refractivity contribution in [2.24, 2.45) is 5.10 Å². The van der Waals surface area contributed by atoms with Crippen LogP contribution in [-0.4, -0.2) is 41.3 Å². The molecule has 0 radical (unpaired) electrons. The maximum atomic E-state index is 12.6. The molecule has 1 aromatic heterocycles. The first-order valence-corrected chi connectivity index (χ1v) is 11.4. The number of nitrogens with one attached hydrogen (secondary N) is 1. The molecule has 0 bridgehead atoms. The number of carbonyl (C=O) groups excluding carboxylic acids is 1.